The molecule has 31 heavy (non-hydrogen) atoms. The van der Waals surface area contributed by atoms with E-state index in [1.807, 2.05) is 24.0 Å². The number of piperazine rings is 1. The molecular weight excluding hydrogens is 401 g/mol. The van der Waals surface area contributed by atoms with Crippen LogP contribution in [0.5, 0.6) is 11.5 Å². The van der Waals surface area contributed by atoms with E-state index < -0.39 is 6.04 Å². The van der Waals surface area contributed by atoms with Crippen LogP contribution >= 0.6 is 0 Å². The Kier molecular flexibility index (Phi) is 7.46. The van der Waals surface area contributed by atoms with Gasteiger partial charge in [-0.2, -0.15) is 0 Å². The average Bonchev–Trinajstić information content (AvgIpc) is 2.77. The summed E-state index contributed by atoms with van der Waals surface area (Å²) >= 11 is 0. The first-order chi connectivity index (χ1) is 14.9. The fourth-order valence-corrected chi connectivity index (χ4v) is 3.65. The largest absolute Gasteiger partial charge is 0.497 e. The number of halogens is 1. The van der Waals surface area contributed by atoms with E-state index in [0.29, 0.717) is 36.7 Å². The van der Waals surface area contributed by atoms with Crippen molar-refractivity contribution in [1.29, 1.82) is 0 Å². The average molecular weight is 429 g/mol. The van der Waals surface area contributed by atoms with E-state index in [1.54, 1.807) is 26.4 Å². The summed E-state index contributed by atoms with van der Waals surface area (Å²) in [7, 11) is 3.17. The quantitative estimate of drug-likeness (QED) is 0.672. The molecule has 3 rings (SSSR count). The van der Waals surface area contributed by atoms with E-state index in [1.165, 1.54) is 12.1 Å². The van der Waals surface area contributed by atoms with Gasteiger partial charge in [0.15, 0.2) is 0 Å². The number of ether oxygens (including phenoxy) is 2. The van der Waals surface area contributed by atoms with Crippen LogP contribution in [0.25, 0.3) is 0 Å². The summed E-state index contributed by atoms with van der Waals surface area (Å²) < 4.78 is 24.2. The fourth-order valence-electron chi connectivity index (χ4n) is 3.65. The molecule has 0 aromatic heterocycles. The van der Waals surface area contributed by atoms with E-state index in [9.17, 15) is 14.0 Å². The third-order valence-electron chi connectivity index (χ3n) is 5.48. The number of benzene rings is 2. The Balaban J connectivity index is 1.67. The van der Waals surface area contributed by atoms with Crippen molar-refractivity contribution in [3.63, 3.8) is 0 Å². The highest BCUT2D eigenvalue weighted by molar-refractivity contribution is 5.88. The number of nitrogens with one attached hydrogen (secondary N) is 2. The summed E-state index contributed by atoms with van der Waals surface area (Å²) in [6.07, 6.45) is 0.0126. The summed E-state index contributed by atoms with van der Waals surface area (Å²) in [5, 5.41) is 5.63. The molecule has 7 nitrogen and oxygen atoms in total. The Morgan fingerprint density at radius 2 is 2.00 bits per heavy atom. The Bertz CT molecular complexity index is 950. The van der Waals surface area contributed by atoms with Crippen LogP contribution < -0.4 is 20.1 Å². The number of methoxy groups -OCH3 is 2. The van der Waals surface area contributed by atoms with Gasteiger partial charge in [-0.1, -0.05) is 12.1 Å². The van der Waals surface area contributed by atoms with Gasteiger partial charge < -0.3 is 20.1 Å². The number of hydrogen-bond acceptors (Lipinski definition) is 5. The van der Waals surface area contributed by atoms with Crippen LogP contribution in [0, 0.1) is 12.7 Å². The molecule has 0 spiro atoms. The summed E-state index contributed by atoms with van der Waals surface area (Å²) in [6, 6.07) is 9.40. The molecule has 2 aromatic rings. The highest BCUT2D eigenvalue weighted by Gasteiger charge is 2.32. The number of carbonyl (C=O) groups excluding carboxylic acids is 2. The van der Waals surface area contributed by atoms with Crippen molar-refractivity contribution < 1.29 is 23.5 Å². The van der Waals surface area contributed by atoms with Crippen molar-refractivity contribution in [2.75, 3.05) is 27.3 Å². The van der Waals surface area contributed by atoms with Crippen molar-refractivity contribution in [1.82, 2.24) is 15.5 Å². The molecule has 0 aliphatic carbocycles. The molecule has 0 radical (unpaired) electrons. The number of carbonyl (C=O) groups is 2. The van der Waals surface area contributed by atoms with E-state index in [2.05, 4.69) is 10.6 Å². The molecule has 1 atom stereocenters. The maximum atomic E-state index is 13.5. The SMILES string of the molecule is COc1ccc(CN2CCNC(=O)C2CC(=O)NCc2cc(F)ccc2C)c(OC)c1. The first-order valence-corrected chi connectivity index (χ1v) is 10.2. The standard InChI is InChI=1S/C23H28FN3O4/c1-15-4-6-18(24)10-17(15)13-26-22(28)12-20-23(29)25-8-9-27(20)14-16-5-7-19(30-2)11-21(16)31-3/h4-7,10-11,20H,8-9,12-14H2,1-3H3,(H,25,29)(H,26,28). The van der Waals surface area contributed by atoms with Crippen molar-refractivity contribution in [2.24, 2.45) is 0 Å². The van der Waals surface area contributed by atoms with E-state index >= 15 is 0 Å². The van der Waals surface area contributed by atoms with Gasteiger partial charge in [-0.05, 0) is 36.2 Å². The molecule has 2 N–H and O–H groups in total. The third-order valence-corrected chi connectivity index (χ3v) is 5.48. The molecule has 1 unspecified atom stereocenters. The highest BCUT2D eigenvalue weighted by atomic mass is 19.1. The molecule has 2 aromatic carbocycles. The van der Waals surface area contributed by atoms with Gasteiger partial charge in [-0.3, -0.25) is 14.5 Å². The van der Waals surface area contributed by atoms with E-state index in [4.69, 9.17) is 9.47 Å². The Morgan fingerprint density at radius 3 is 2.74 bits per heavy atom. The van der Waals surface area contributed by atoms with E-state index in [-0.39, 0.29) is 30.6 Å². The minimum Gasteiger partial charge on any atom is -0.497 e. The van der Waals surface area contributed by atoms with Crippen LogP contribution in [0.1, 0.15) is 23.1 Å². The topological polar surface area (TPSA) is 79.9 Å². The number of nitrogens with zero attached hydrogens (tertiary/aromatic N) is 1. The second kappa shape index (κ2) is 10.3. The second-order valence-electron chi connectivity index (χ2n) is 7.51. The second-order valence-corrected chi connectivity index (χ2v) is 7.51. The third kappa shape index (κ3) is 5.73. The fraction of sp³-hybridized carbons (Fsp3) is 0.391. The van der Waals surface area contributed by atoms with E-state index in [0.717, 1.165) is 11.1 Å². The molecule has 1 aliphatic rings. The highest BCUT2D eigenvalue weighted by Crippen LogP contribution is 2.27. The lowest BCUT2D eigenvalue weighted by atomic mass is 10.1. The summed E-state index contributed by atoms with van der Waals surface area (Å²) in [6.45, 7) is 3.66. The Labute approximate surface area is 181 Å². The zero-order valence-corrected chi connectivity index (χ0v) is 18.0. The molecule has 8 heteroatoms. The summed E-state index contributed by atoms with van der Waals surface area (Å²) in [5.41, 5.74) is 2.51. The van der Waals surface area contributed by atoms with Crippen molar-refractivity contribution in [2.45, 2.75) is 32.5 Å². The van der Waals surface area contributed by atoms with Gasteiger partial charge in [0.2, 0.25) is 11.8 Å². The van der Waals surface area contributed by atoms with Gasteiger partial charge in [0.25, 0.3) is 0 Å². The monoisotopic (exact) mass is 429 g/mol. The Hall–Kier alpha value is -3.13. The zero-order valence-electron chi connectivity index (χ0n) is 18.0. The number of hydrogen-bond donors (Lipinski definition) is 2. The molecule has 1 fully saturated rings. The number of aryl methyl sites for hydroxylation is 1. The van der Waals surface area contributed by atoms with Crippen LogP contribution in [0.4, 0.5) is 4.39 Å². The maximum Gasteiger partial charge on any atom is 0.237 e. The van der Waals surface area contributed by atoms with Crippen LogP contribution in [0.2, 0.25) is 0 Å². The van der Waals surface area contributed by atoms with Gasteiger partial charge in [-0.25, -0.2) is 4.39 Å². The molecule has 0 saturated carbocycles. The minimum atomic E-state index is -0.603. The number of rotatable bonds is 8. The molecule has 0 bridgehead atoms. The van der Waals surface area contributed by atoms with Crippen molar-refractivity contribution in [3.05, 3.63) is 58.9 Å². The number of amides is 2. The van der Waals surface area contributed by atoms with Crippen LogP contribution in [-0.2, 0) is 22.7 Å². The lowest BCUT2D eigenvalue weighted by Crippen LogP contribution is -2.56. The van der Waals surface area contributed by atoms with Gasteiger partial charge >= 0.3 is 0 Å². The zero-order chi connectivity index (χ0) is 22.4. The molecule has 166 valence electrons. The van der Waals surface area contributed by atoms with Gasteiger partial charge in [0, 0.05) is 37.8 Å². The first-order valence-electron chi connectivity index (χ1n) is 10.2. The predicted molar refractivity (Wildman–Crippen MR) is 114 cm³/mol. The lowest BCUT2D eigenvalue weighted by molar-refractivity contribution is -0.134. The van der Waals surface area contributed by atoms with Crippen molar-refractivity contribution >= 4 is 11.8 Å². The molecule has 2 amide bonds. The van der Waals surface area contributed by atoms with Crippen LogP contribution in [0.15, 0.2) is 36.4 Å². The molecular formula is C23H28FN3O4. The smallest absolute Gasteiger partial charge is 0.237 e. The van der Waals surface area contributed by atoms with Gasteiger partial charge in [0.1, 0.15) is 17.3 Å². The van der Waals surface area contributed by atoms with Crippen LogP contribution in [0.3, 0.4) is 0 Å². The molecule has 1 aliphatic heterocycles. The minimum absolute atomic E-state index is 0.0126. The summed E-state index contributed by atoms with van der Waals surface area (Å²) in [4.78, 5) is 27.1. The summed E-state index contributed by atoms with van der Waals surface area (Å²) in [5.74, 6) is 0.546. The lowest BCUT2D eigenvalue weighted by Gasteiger charge is -2.35. The maximum absolute atomic E-state index is 13.5. The molecule has 1 saturated heterocycles. The Morgan fingerprint density at radius 1 is 1.19 bits per heavy atom. The van der Waals surface area contributed by atoms with Gasteiger partial charge in [-0.15, -0.1) is 0 Å². The first kappa shape index (κ1) is 22.6. The normalized spacial score (nSPS) is 16.5. The van der Waals surface area contributed by atoms with Gasteiger partial charge in [0.05, 0.1) is 26.7 Å². The predicted octanol–water partition coefficient (Wildman–Crippen LogP) is 2.16. The van der Waals surface area contributed by atoms with Crippen LogP contribution in [-0.4, -0.2) is 50.1 Å². The van der Waals surface area contributed by atoms with Crippen molar-refractivity contribution in [3.8, 4) is 11.5 Å². The molecule has 1 heterocycles.